The molecule has 0 aromatic carbocycles. The molecule has 0 aliphatic rings. The van der Waals surface area contributed by atoms with Gasteiger partial charge in [0.1, 0.15) is 0 Å². The first kappa shape index (κ1) is 11.8. The quantitative estimate of drug-likeness (QED) is 0.571. The lowest BCUT2D eigenvalue weighted by molar-refractivity contribution is -0.0648. The Hall–Kier alpha value is -0.160. The summed E-state index contributed by atoms with van der Waals surface area (Å²) in [6.45, 7) is 10.2. The summed E-state index contributed by atoms with van der Waals surface area (Å²) in [6.07, 6.45) is 0. The summed E-state index contributed by atoms with van der Waals surface area (Å²) in [4.78, 5) is 0. The molecule has 0 aromatic heterocycles. The third-order valence-electron chi connectivity index (χ3n) is 1.31. The minimum absolute atomic E-state index is 0.465. The fraction of sp³-hybridized carbons (Fsp3) is 1.00. The van der Waals surface area contributed by atoms with Gasteiger partial charge in [0, 0.05) is 11.1 Å². The zero-order valence-corrected chi connectivity index (χ0v) is 8.71. The minimum atomic E-state index is -0.672. The Labute approximate surface area is 74.3 Å². The fourth-order valence-corrected chi connectivity index (χ4v) is 0.545. The lowest BCUT2D eigenvalue weighted by Crippen LogP contribution is -2.53. The van der Waals surface area contributed by atoms with E-state index in [1.165, 1.54) is 0 Å². The first-order chi connectivity index (χ1) is 5.07. The van der Waals surface area contributed by atoms with Gasteiger partial charge >= 0.3 is 0 Å². The highest BCUT2D eigenvalue weighted by molar-refractivity contribution is 4.82. The van der Waals surface area contributed by atoms with Crippen molar-refractivity contribution in [2.24, 2.45) is 0 Å². The van der Waals surface area contributed by atoms with Gasteiger partial charge in [-0.1, -0.05) is 0 Å². The van der Waals surface area contributed by atoms with E-state index in [9.17, 15) is 10.4 Å². The van der Waals surface area contributed by atoms with Crippen molar-refractivity contribution in [3.05, 3.63) is 10.4 Å². The molecule has 0 unspecified atom stereocenters. The second kappa shape index (κ2) is 3.30. The lowest BCUT2D eigenvalue weighted by Gasteiger charge is -2.58. The number of hydrogen-bond acceptors (Lipinski definition) is 4. The van der Waals surface area contributed by atoms with E-state index in [0.717, 1.165) is 0 Å². The van der Waals surface area contributed by atoms with Crippen molar-refractivity contribution in [2.45, 2.75) is 52.6 Å². The smallest absolute Gasteiger partial charge is 0.0127 e. The van der Waals surface area contributed by atoms with Crippen LogP contribution < -0.4 is 0 Å². The Kier molecular flexibility index (Phi) is 3.25. The second-order valence-corrected chi connectivity index (χ2v) is 4.89. The van der Waals surface area contributed by atoms with E-state index in [4.69, 9.17) is 0 Å². The van der Waals surface area contributed by atoms with Crippen LogP contribution in [0.1, 0.15) is 41.5 Å². The molecule has 0 aliphatic heterocycles. The molecule has 0 radical (unpaired) electrons. The molecule has 0 amide bonds. The van der Waals surface area contributed by atoms with E-state index >= 15 is 0 Å². The van der Waals surface area contributed by atoms with Crippen molar-refractivity contribution in [2.75, 3.05) is 0 Å². The monoisotopic (exact) mass is 174 g/mol. The third kappa shape index (κ3) is 3.06. The zero-order valence-electron chi connectivity index (χ0n) is 8.71. The third-order valence-corrected chi connectivity index (χ3v) is 1.31. The lowest BCUT2D eigenvalue weighted by atomic mass is 10.1. The Morgan fingerprint density at radius 2 is 0.833 bits per heavy atom. The second-order valence-electron chi connectivity index (χ2n) is 4.89. The van der Waals surface area contributed by atoms with Crippen LogP contribution in [0.3, 0.4) is 0 Å². The highest BCUT2D eigenvalue weighted by Gasteiger charge is 2.20. The van der Waals surface area contributed by atoms with Crippen molar-refractivity contribution in [1.82, 2.24) is 10.3 Å². The zero-order chi connectivity index (χ0) is 10.2. The molecule has 0 rings (SSSR count). The number of nitrogens with zero attached hydrogens (tertiary/aromatic N) is 2. The van der Waals surface area contributed by atoms with Crippen LogP contribution in [0.2, 0.25) is 0 Å². The SMILES string of the molecule is CC(C)(C)N([O-])N([O-])C(C)(C)C. The van der Waals surface area contributed by atoms with Gasteiger partial charge < -0.3 is 20.8 Å². The molecule has 0 N–H and O–H groups in total. The van der Waals surface area contributed by atoms with Crippen molar-refractivity contribution in [3.63, 3.8) is 0 Å². The molecular formula is C8H18N2O2-2. The highest BCUT2D eigenvalue weighted by Crippen LogP contribution is 2.21. The van der Waals surface area contributed by atoms with Gasteiger partial charge in [0.25, 0.3) is 0 Å². The number of hydrazine groups is 1. The average Bonchev–Trinajstić information content (AvgIpc) is 1.80. The maximum atomic E-state index is 11.3. The Morgan fingerprint density at radius 3 is 0.917 bits per heavy atom. The van der Waals surface area contributed by atoms with Crippen LogP contribution >= 0.6 is 0 Å². The molecule has 74 valence electrons. The average molecular weight is 174 g/mol. The molecule has 0 fully saturated rings. The summed E-state index contributed by atoms with van der Waals surface area (Å²) in [6, 6.07) is 0. The Balaban J connectivity index is 4.41. The standard InChI is InChI=1S/C8H18N2O2/c1-7(2,3)9(11)10(12)8(4,5)6/h1-6H3/q-2. The highest BCUT2D eigenvalue weighted by atomic mass is 16.7. The van der Waals surface area contributed by atoms with Crippen molar-refractivity contribution < 1.29 is 0 Å². The van der Waals surface area contributed by atoms with Gasteiger partial charge in [0.15, 0.2) is 0 Å². The first-order valence-corrected chi connectivity index (χ1v) is 4.01. The number of hydrogen-bond donors (Lipinski definition) is 0. The molecule has 0 aromatic rings. The molecule has 12 heavy (non-hydrogen) atoms. The summed E-state index contributed by atoms with van der Waals surface area (Å²) >= 11 is 0. The van der Waals surface area contributed by atoms with Crippen molar-refractivity contribution >= 4 is 0 Å². The van der Waals surface area contributed by atoms with Gasteiger partial charge in [0.2, 0.25) is 0 Å². The molecule has 0 atom stereocenters. The molecule has 0 bridgehead atoms. The van der Waals surface area contributed by atoms with E-state index in [2.05, 4.69) is 0 Å². The van der Waals surface area contributed by atoms with E-state index in [1.807, 2.05) is 0 Å². The van der Waals surface area contributed by atoms with Crippen LogP contribution in [0, 0.1) is 10.4 Å². The van der Waals surface area contributed by atoms with Crippen LogP contribution in [-0.4, -0.2) is 21.4 Å². The first-order valence-electron chi connectivity index (χ1n) is 4.01. The van der Waals surface area contributed by atoms with Gasteiger partial charge in [-0.05, 0) is 41.5 Å². The fourth-order valence-electron chi connectivity index (χ4n) is 0.545. The Bertz CT molecular complexity index is 128. The molecule has 0 spiro atoms. The van der Waals surface area contributed by atoms with Gasteiger partial charge in [-0.15, -0.1) is 0 Å². The normalized spacial score (nSPS) is 14.5. The van der Waals surface area contributed by atoms with Gasteiger partial charge in [-0.3, -0.25) is 0 Å². The minimum Gasteiger partial charge on any atom is -0.772 e. The van der Waals surface area contributed by atoms with Crippen LogP contribution in [-0.2, 0) is 0 Å². The van der Waals surface area contributed by atoms with Gasteiger partial charge in [0.05, 0.1) is 0 Å². The predicted molar refractivity (Wildman–Crippen MR) is 49.9 cm³/mol. The van der Waals surface area contributed by atoms with E-state index in [-0.39, 0.29) is 0 Å². The van der Waals surface area contributed by atoms with Crippen LogP contribution in [0.4, 0.5) is 0 Å². The van der Waals surface area contributed by atoms with Gasteiger partial charge in [-0.2, -0.15) is 0 Å². The molecule has 0 saturated heterocycles. The van der Waals surface area contributed by atoms with Gasteiger partial charge in [-0.25, -0.2) is 0 Å². The molecule has 0 aliphatic carbocycles. The van der Waals surface area contributed by atoms with Crippen LogP contribution in [0.15, 0.2) is 0 Å². The summed E-state index contributed by atoms with van der Waals surface area (Å²) in [7, 11) is 0. The van der Waals surface area contributed by atoms with E-state index < -0.39 is 11.1 Å². The van der Waals surface area contributed by atoms with E-state index in [0.29, 0.717) is 10.3 Å². The predicted octanol–water partition coefficient (Wildman–Crippen LogP) is 2.10. The van der Waals surface area contributed by atoms with Crippen LogP contribution in [0.5, 0.6) is 0 Å². The summed E-state index contributed by atoms with van der Waals surface area (Å²) in [5, 5.41) is 23.6. The van der Waals surface area contributed by atoms with E-state index in [1.54, 1.807) is 41.5 Å². The maximum Gasteiger partial charge on any atom is 0.0127 e. The number of hydroxylamine groups is 2. The molecular weight excluding hydrogens is 156 g/mol. The maximum absolute atomic E-state index is 11.3. The van der Waals surface area contributed by atoms with Crippen molar-refractivity contribution in [1.29, 1.82) is 0 Å². The van der Waals surface area contributed by atoms with Crippen molar-refractivity contribution in [3.8, 4) is 0 Å². The largest absolute Gasteiger partial charge is 0.772 e. The summed E-state index contributed by atoms with van der Waals surface area (Å²) in [5.74, 6) is 0. The topological polar surface area (TPSA) is 52.6 Å². The molecule has 4 heteroatoms. The summed E-state index contributed by atoms with van der Waals surface area (Å²) < 4.78 is 0. The summed E-state index contributed by atoms with van der Waals surface area (Å²) in [5.41, 5.74) is -1.34. The molecule has 4 nitrogen and oxygen atoms in total. The molecule has 0 heterocycles. The number of rotatable bonds is 1. The van der Waals surface area contributed by atoms with Crippen LogP contribution in [0.25, 0.3) is 0 Å². The molecule has 0 saturated carbocycles. The Morgan fingerprint density at radius 1 is 0.667 bits per heavy atom.